The number of carbonyl (C=O) groups excluding carboxylic acids is 1. The van der Waals surface area contributed by atoms with Gasteiger partial charge in [0.05, 0.1) is 14.2 Å². The smallest absolute Gasteiger partial charge is 0.223 e. The first kappa shape index (κ1) is 21.3. The van der Waals surface area contributed by atoms with Crippen LogP contribution >= 0.6 is 24.0 Å². The third-order valence-electron chi connectivity index (χ3n) is 4.05. The number of anilines is 1. The van der Waals surface area contributed by atoms with Crippen LogP contribution in [0.15, 0.2) is 23.2 Å². The number of carbonyl (C=O) groups is 1. The monoisotopic (exact) mass is 462 g/mol. The second-order valence-electron chi connectivity index (χ2n) is 5.73. The Labute approximate surface area is 165 Å². The third kappa shape index (κ3) is 6.60. The minimum Gasteiger partial charge on any atom is -0.493 e. The molecule has 1 saturated carbocycles. The topological polar surface area (TPSA) is 98.0 Å². The zero-order valence-electron chi connectivity index (χ0n) is 14.7. The number of guanidine groups is 1. The second-order valence-corrected chi connectivity index (χ2v) is 5.73. The molecule has 4 N–H and O–H groups in total. The van der Waals surface area contributed by atoms with Crippen LogP contribution in [0.2, 0.25) is 0 Å². The zero-order chi connectivity index (χ0) is 17.4. The first-order valence-electron chi connectivity index (χ1n) is 8.20. The lowest BCUT2D eigenvalue weighted by atomic mass is 9.85. The Morgan fingerprint density at radius 1 is 1.28 bits per heavy atom. The molecule has 1 aliphatic carbocycles. The lowest BCUT2D eigenvalue weighted by molar-refractivity contribution is -0.127. The number of hydrogen-bond acceptors (Lipinski definition) is 4. The fourth-order valence-electron chi connectivity index (χ4n) is 2.41. The minimum atomic E-state index is 0. The van der Waals surface area contributed by atoms with E-state index in [9.17, 15) is 4.79 Å². The molecule has 1 aromatic carbocycles. The lowest BCUT2D eigenvalue weighted by Crippen LogP contribution is -2.35. The van der Waals surface area contributed by atoms with Gasteiger partial charge in [0.25, 0.3) is 0 Å². The van der Waals surface area contributed by atoms with Crippen LogP contribution in [0.4, 0.5) is 5.69 Å². The molecule has 0 atom stereocenters. The molecule has 0 aliphatic heterocycles. The fraction of sp³-hybridized carbons (Fsp3) is 0.529. The number of nitrogens with two attached hydrogens (primary N) is 1. The van der Waals surface area contributed by atoms with E-state index in [-0.39, 0.29) is 35.8 Å². The number of aliphatic imine (C=N–C) groups is 1. The highest BCUT2D eigenvalue weighted by molar-refractivity contribution is 14.0. The molecule has 0 radical (unpaired) electrons. The molecule has 8 heteroatoms. The van der Waals surface area contributed by atoms with Crippen molar-refractivity contribution in [3.05, 3.63) is 18.2 Å². The van der Waals surface area contributed by atoms with Crippen molar-refractivity contribution >= 4 is 41.5 Å². The second kappa shape index (κ2) is 11.0. The van der Waals surface area contributed by atoms with Crippen molar-refractivity contribution in [1.29, 1.82) is 0 Å². The van der Waals surface area contributed by atoms with E-state index in [1.54, 1.807) is 26.4 Å². The summed E-state index contributed by atoms with van der Waals surface area (Å²) in [5.41, 5.74) is 6.64. The Morgan fingerprint density at radius 3 is 2.60 bits per heavy atom. The van der Waals surface area contributed by atoms with Crippen LogP contribution in [-0.4, -0.2) is 39.2 Å². The van der Waals surface area contributed by atoms with Gasteiger partial charge in [0, 0.05) is 30.8 Å². The molecule has 1 aliphatic rings. The van der Waals surface area contributed by atoms with Gasteiger partial charge in [0.2, 0.25) is 5.91 Å². The molecule has 0 bridgehead atoms. The maximum Gasteiger partial charge on any atom is 0.223 e. The van der Waals surface area contributed by atoms with Gasteiger partial charge in [-0.2, -0.15) is 0 Å². The van der Waals surface area contributed by atoms with Gasteiger partial charge in [-0.25, -0.2) is 0 Å². The molecule has 0 aromatic heterocycles. The molecule has 0 heterocycles. The van der Waals surface area contributed by atoms with Crippen molar-refractivity contribution in [2.75, 3.05) is 32.6 Å². The average Bonchev–Trinajstić information content (AvgIpc) is 2.52. The Morgan fingerprint density at radius 2 is 2.00 bits per heavy atom. The molecule has 1 aromatic rings. The van der Waals surface area contributed by atoms with Crippen molar-refractivity contribution in [2.24, 2.45) is 16.6 Å². The molecule has 1 fully saturated rings. The summed E-state index contributed by atoms with van der Waals surface area (Å²) in [6.45, 7) is 1.18. The van der Waals surface area contributed by atoms with Gasteiger partial charge in [-0.3, -0.25) is 9.79 Å². The maximum absolute atomic E-state index is 11.7. The summed E-state index contributed by atoms with van der Waals surface area (Å²) < 4.78 is 10.4. The van der Waals surface area contributed by atoms with E-state index in [0.717, 1.165) is 24.9 Å². The van der Waals surface area contributed by atoms with Crippen molar-refractivity contribution in [3.8, 4) is 11.5 Å². The summed E-state index contributed by atoms with van der Waals surface area (Å²) >= 11 is 0. The standard InChI is InChI=1S/C17H26N4O3.HI/c1-23-14-8-7-13(11-15(14)24-2)21-17(18)20-10-4-9-19-16(22)12-5-3-6-12;/h7-8,11-12H,3-6,9-10H2,1-2H3,(H,19,22)(H3,18,20,21);1H. The number of benzene rings is 1. The van der Waals surface area contributed by atoms with Gasteiger partial charge in [0.15, 0.2) is 17.5 Å². The van der Waals surface area contributed by atoms with Crippen molar-refractivity contribution in [3.63, 3.8) is 0 Å². The minimum absolute atomic E-state index is 0. The summed E-state index contributed by atoms with van der Waals surface area (Å²) in [7, 11) is 3.17. The van der Waals surface area contributed by atoms with Gasteiger partial charge >= 0.3 is 0 Å². The Bertz CT molecular complexity index is 591. The first-order valence-corrected chi connectivity index (χ1v) is 8.20. The summed E-state index contributed by atoms with van der Waals surface area (Å²) in [4.78, 5) is 15.9. The number of halogens is 1. The predicted molar refractivity (Wildman–Crippen MR) is 110 cm³/mol. The van der Waals surface area contributed by atoms with Gasteiger partial charge in [-0.15, -0.1) is 24.0 Å². The SMILES string of the molecule is COc1ccc(NC(N)=NCCCNC(=O)C2CCC2)cc1OC.I. The van der Waals surface area contributed by atoms with E-state index < -0.39 is 0 Å². The molecule has 0 saturated heterocycles. The lowest BCUT2D eigenvalue weighted by Gasteiger charge is -2.23. The van der Waals surface area contributed by atoms with Crippen molar-refractivity contribution in [1.82, 2.24) is 5.32 Å². The van der Waals surface area contributed by atoms with Crippen LogP contribution in [0, 0.1) is 5.92 Å². The number of ether oxygens (including phenoxy) is 2. The van der Waals surface area contributed by atoms with E-state index in [1.165, 1.54) is 6.42 Å². The fourth-order valence-corrected chi connectivity index (χ4v) is 2.41. The molecule has 0 spiro atoms. The number of methoxy groups -OCH3 is 2. The molecule has 2 rings (SSSR count). The van der Waals surface area contributed by atoms with Crippen molar-refractivity contribution in [2.45, 2.75) is 25.7 Å². The Kier molecular flexibility index (Phi) is 9.40. The normalized spacial score (nSPS) is 14.1. The summed E-state index contributed by atoms with van der Waals surface area (Å²) in [5.74, 6) is 1.99. The third-order valence-corrected chi connectivity index (χ3v) is 4.05. The first-order chi connectivity index (χ1) is 11.6. The predicted octanol–water partition coefficient (Wildman–Crippen LogP) is 2.35. The van der Waals surface area contributed by atoms with E-state index in [0.29, 0.717) is 30.5 Å². The highest BCUT2D eigenvalue weighted by atomic mass is 127. The maximum atomic E-state index is 11.7. The Hall–Kier alpha value is -1.71. The van der Waals surface area contributed by atoms with Crippen molar-refractivity contribution < 1.29 is 14.3 Å². The summed E-state index contributed by atoms with van der Waals surface area (Å²) in [5, 5.41) is 5.94. The Balaban J connectivity index is 0.00000312. The van der Waals surface area contributed by atoms with E-state index in [4.69, 9.17) is 15.2 Å². The average molecular weight is 462 g/mol. The molecule has 1 amide bonds. The van der Waals surface area contributed by atoms with Crippen LogP contribution in [0.1, 0.15) is 25.7 Å². The summed E-state index contributed by atoms with van der Waals surface area (Å²) in [6.07, 6.45) is 3.96. The number of rotatable bonds is 8. The molecule has 7 nitrogen and oxygen atoms in total. The van der Waals surface area contributed by atoms with E-state index >= 15 is 0 Å². The number of amides is 1. The molecule has 140 valence electrons. The van der Waals surface area contributed by atoms with E-state index in [2.05, 4.69) is 15.6 Å². The van der Waals surface area contributed by atoms with Gasteiger partial charge in [0.1, 0.15) is 0 Å². The summed E-state index contributed by atoms with van der Waals surface area (Å²) in [6, 6.07) is 5.42. The van der Waals surface area contributed by atoms with Crippen LogP contribution in [0.3, 0.4) is 0 Å². The quantitative estimate of drug-likeness (QED) is 0.239. The van der Waals surface area contributed by atoms with Gasteiger partial charge in [-0.1, -0.05) is 6.42 Å². The highest BCUT2D eigenvalue weighted by Crippen LogP contribution is 2.29. The number of nitrogens with one attached hydrogen (secondary N) is 2. The molecule has 25 heavy (non-hydrogen) atoms. The molecular formula is C17H27IN4O3. The highest BCUT2D eigenvalue weighted by Gasteiger charge is 2.24. The molecular weight excluding hydrogens is 435 g/mol. The molecule has 0 unspecified atom stereocenters. The number of hydrogen-bond donors (Lipinski definition) is 3. The van der Waals surface area contributed by atoms with Crippen LogP contribution in [-0.2, 0) is 4.79 Å². The van der Waals surface area contributed by atoms with Gasteiger partial charge in [-0.05, 0) is 31.4 Å². The van der Waals surface area contributed by atoms with Crippen LogP contribution < -0.4 is 25.8 Å². The largest absolute Gasteiger partial charge is 0.493 e. The van der Waals surface area contributed by atoms with Gasteiger partial charge < -0.3 is 25.8 Å². The van der Waals surface area contributed by atoms with Crippen LogP contribution in [0.5, 0.6) is 11.5 Å². The van der Waals surface area contributed by atoms with E-state index in [1.807, 2.05) is 6.07 Å². The number of nitrogens with zero attached hydrogens (tertiary/aromatic N) is 1. The zero-order valence-corrected chi connectivity index (χ0v) is 17.0. The van der Waals surface area contributed by atoms with Crippen LogP contribution in [0.25, 0.3) is 0 Å².